The Labute approximate surface area is 118 Å². The highest BCUT2D eigenvalue weighted by molar-refractivity contribution is 7.89. The molecular weight excluding hydrogens is 286 g/mol. The first-order chi connectivity index (χ1) is 8.82. The predicted octanol–water partition coefficient (Wildman–Crippen LogP) is 2.05. The molecule has 0 aliphatic carbocycles. The zero-order chi connectivity index (χ0) is 14.2. The van der Waals surface area contributed by atoms with E-state index in [9.17, 15) is 8.42 Å². The molecule has 0 atom stereocenters. The van der Waals surface area contributed by atoms with E-state index in [1.807, 2.05) is 13.8 Å². The highest BCUT2D eigenvalue weighted by atomic mass is 35.5. The fourth-order valence-corrected chi connectivity index (χ4v) is 3.76. The number of nitrogens with zero attached hydrogens (tertiary/aromatic N) is 2. The van der Waals surface area contributed by atoms with Gasteiger partial charge < -0.3 is 5.73 Å². The van der Waals surface area contributed by atoms with Gasteiger partial charge in [-0.3, -0.25) is 0 Å². The summed E-state index contributed by atoms with van der Waals surface area (Å²) in [6.07, 6.45) is 2.07. The second-order valence-electron chi connectivity index (χ2n) is 4.69. The first-order valence-corrected chi connectivity index (χ1v) is 7.70. The number of nitrogen functional groups attached to an aromatic ring is 1. The molecule has 19 heavy (non-hydrogen) atoms. The number of nitrogens with two attached hydrogens (primary N) is 1. The van der Waals surface area contributed by atoms with Crippen molar-refractivity contribution in [2.45, 2.75) is 25.2 Å². The van der Waals surface area contributed by atoms with Crippen molar-refractivity contribution in [3.63, 3.8) is 0 Å². The summed E-state index contributed by atoms with van der Waals surface area (Å²) in [6, 6.07) is 1.35. The number of hydrogen-bond donors (Lipinski definition) is 1. The van der Waals surface area contributed by atoms with Crippen LogP contribution in [0, 0.1) is 0 Å². The Morgan fingerprint density at radius 3 is 2.68 bits per heavy atom. The standard InChI is InChI=1S/C12H16ClN3O2S/c1-8-3-4-16(7-9(8)2)19(17,18)11-5-10(13)6-15-12(11)14/h5-6H,3-4,7H2,1-2H3,(H2,14,15). The van der Waals surface area contributed by atoms with Gasteiger partial charge in [-0.2, -0.15) is 4.31 Å². The lowest BCUT2D eigenvalue weighted by atomic mass is 10.1. The Hall–Kier alpha value is -1.11. The molecule has 1 aromatic heterocycles. The molecule has 0 amide bonds. The lowest BCUT2D eigenvalue weighted by Gasteiger charge is -2.28. The highest BCUT2D eigenvalue weighted by Gasteiger charge is 2.29. The first kappa shape index (κ1) is 14.3. The summed E-state index contributed by atoms with van der Waals surface area (Å²) in [7, 11) is -3.64. The maximum Gasteiger partial charge on any atom is 0.247 e. The quantitative estimate of drug-likeness (QED) is 0.848. The molecule has 1 aliphatic heterocycles. The first-order valence-electron chi connectivity index (χ1n) is 5.89. The number of halogens is 1. The van der Waals surface area contributed by atoms with Crippen molar-refractivity contribution < 1.29 is 8.42 Å². The zero-order valence-corrected chi connectivity index (χ0v) is 12.4. The summed E-state index contributed by atoms with van der Waals surface area (Å²) in [5.41, 5.74) is 7.97. The van der Waals surface area contributed by atoms with Crippen LogP contribution in [0.5, 0.6) is 0 Å². The minimum Gasteiger partial charge on any atom is -0.383 e. The number of hydrogen-bond acceptors (Lipinski definition) is 4. The second-order valence-corrected chi connectivity index (χ2v) is 7.03. The van der Waals surface area contributed by atoms with Crippen molar-refractivity contribution in [2.75, 3.05) is 18.8 Å². The molecule has 0 bridgehead atoms. The molecule has 0 radical (unpaired) electrons. The largest absolute Gasteiger partial charge is 0.383 e. The molecule has 0 fully saturated rings. The van der Waals surface area contributed by atoms with E-state index < -0.39 is 10.0 Å². The molecular formula is C12H16ClN3O2S. The van der Waals surface area contributed by atoms with Crippen molar-refractivity contribution in [3.8, 4) is 0 Å². The van der Waals surface area contributed by atoms with Crippen LogP contribution >= 0.6 is 11.6 Å². The summed E-state index contributed by atoms with van der Waals surface area (Å²) >= 11 is 5.80. The van der Waals surface area contributed by atoms with Gasteiger partial charge in [0.05, 0.1) is 5.02 Å². The third-order valence-electron chi connectivity index (χ3n) is 3.34. The Kier molecular flexibility index (Phi) is 3.85. The maximum absolute atomic E-state index is 12.5. The predicted molar refractivity (Wildman–Crippen MR) is 75.4 cm³/mol. The fourth-order valence-electron chi connectivity index (χ4n) is 1.97. The van der Waals surface area contributed by atoms with Crippen LogP contribution in [0.2, 0.25) is 5.02 Å². The van der Waals surface area contributed by atoms with Crippen LogP contribution in [0.1, 0.15) is 20.3 Å². The fraction of sp³-hybridized carbons (Fsp3) is 0.417. The molecule has 2 heterocycles. The van der Waals surface area contributed by atoms with Crippen molar-refractivity contribution in [3.05, 3.63) is 28.4 Å². The molecule has 2 rings (SSSR count). The van der Waals surface area contributed by atoms with Crippen molar-refractivity contribution in [2.24, 2.45) is 0 Å². The van der Waals surface area contributed by atoms with Gasteiger partial charge in [-0.15, -0.1) is 0 Å². The van der Waals surface area contributed by atoms with E-state index in [-0.39, 0.29) is 15.7 Å². The van der Waals surface area contributed by atoms with Gasteiger partial charge in [-0.05, 0) is 26.3 Å². The van der Waals surface area contributed by atoms with E-state index >= 15 is 0 Å². The van der Waals surface area contributed by atoms with E-state index in [4.69, 9.17) is 17.3 Å². The van der Waals surface area contributed by atoms with Crippen molar-refractivity contribution in [1.82, 2.24) is 9.29 Å². The van der Waals surface area contributed by atoms with E-state index in [1.54, 1.807) is 0 Å². The Bertz CT molecular complexity index is 640. The second kappa shape index (κ2) is 5.11. The van der Waals surface area contributed by atoms with Gasteiger partial charge in [0.1, 0.15) is 10.7 Å². The van der Waals surface area contributed by atoms with Gasteiger partial charge in [-0.25, -0.2) is 13.4 Å². The number of pyridine rings is 1. The summed E-state index contributed by atoms with van der Waals surface area (Å²) in [5, 5.41) is 0.258. The molecule has 7 heteroatoms. The lowest BCUT2D eigenvalue weighted by molar-refractivity contribution is 0.421. The minimum absolute atomic E-state index is 0.0201. The third-order valence-corrected chi connectivity index (χ3v) is 5.43. The molecule has 0 saturated heterocycles. The van der Waals surface area contributed by atoms with Crippen molar-refractivity contribution in [1.29, 1.82) is 0 Å². The smallest absolute Gasteiger partial charge is 0.247 e. The molecule has 0 aromatic carbocycles. The number of anilines is 1. The molecule has 0 spiro atoms. The van der Waals surface area contributed by atoms with Crippen LogP contribution in [0.3, 0.4) is 0 Å². The average molecular weight is 302 g/mol. The lowest BCUT2D eigenvalue weighted by Crippen LogP contribution is -2.36. The Morgan fingerprint density at radius 1 is 1.37 bits per heavy atom. The van der Waals surface area contributed by atoms with E-state index in [0.29, 0.717) is 13.1 Å². The number of sulfonamides is 1. The summed E-state index contributed by atoms with van der Waals surface area (Å²) < 4.78 is 26.5. The molecule has 0 saturated carbocycles. The van der Waals surface area contributed by atoms with Gasteiger partial charge in [-0.1, -0.05) is 22.7 Å². The van der Waals surface area contributed by atoms with E-state index in [0.717, 1.165) is 12.0 Å². The summed E-state index contributed by atoms with van der Waals surface area (Å²) in [5.74, 6) is -0.0201. The molecule has 0 unspecified atom stereocenters. The Balaban J connectivity index is 2.41. The monoisotopic (exact) mass is 301 g/mol. The van der Waals surface area contributed by atoms with Gasteiger partial charge in [0.25, 0.3) is 0 Å². The van der Waals surface area contributed by atoms with Crippen LogP contribution in [0.15, 0.2) is 28.3 Å². The topological polar surface area (TPSA) is 76.3 Å². The van der Waals surface area contributed by atoms with Gasteiger partial charge >= 0.3 is 0 Å². The molecule has 2 N–H and O–H groups in total. The number of rotatable bonds is 2. The molecule has 5 nitrogen and oxygen atoms in total. The average Bonchev–Trinajstić information content (AvgIpc) is 2.35. The van der Waals surface area contributed by atoms with Crippen LogP contribution in [0.4, 0.5) is 5.82 Å². The van der Waals surface area contributed by atoms with Crippen LogP contribution in [-0.2, 0) is 10.0 Å². The van der Waals surface area contributed by atoms with Crippen molar-refractivity contribution >= 4 is 27.4 Å². The van der Waals surface area contributed by atoms with Crippen LogP contribution in [-0.4, -0.2) is 30.8 Å². The minimum atomic E-state index is -3.64. The van der Waals surface area contributed by atoms with Crippen LogP contribution < -0.4 is 5.73 Å². The van der Waals surface area contributed by atoms with E-state index in [1.165, 1.54) is 22.1 Å². The van der Waals surface area contributed by atoms with Crippen LogP contribution in [0.25, 0.3) is 0 Å². The van der Waals surface area contributed by atoms with Gasteiger partial charge in [0.15, 0.2) is 0 Å². The molecule has 1 aliphatic rings. The normalized spacial score (nSPS) is 17.8. The highest BCUT2D eigenvalue weighted by Crippen LogP contribution is 2.27. The number of aromatic nitrogens is 1. The molecule has 104 valence electrons. The summed E-state index contributed by atoms with van der Waals surface area (Å²) in [6.45, 7) is 4.81. The summed E-state index contributed by atoms with van der Waals surface area (Å²) in [4.78, 5) is 3.78. The Morgan fingerprint density at radius 2 is 2.05 bits per heavy atom. The SMILES string of the molecule is CC1=C(C)CN(S(=O)(=O)c2cc(Cl)cnc2N)CC1. The van der Waals surface area contributed by atoms with E-state index in [2.05, 4.69) is 4.98 Å². The van der Waals surface area contributed by atoms with Gasteiger partial charge in [0.2, 0.25) is 10.0 Å². The van der Waals surface area contributed by atoms with Gasteiger partial charge in [0, 0.05) is 19.3 Å². The third kappa shape index (κ3) is 2.75. The maximum atomic E-state index is 12.5. The zero-order valence-electron chi connectivity index (χ0n) is 10.9. The molecule has 1 aromatic rings.